The third-order valence-corrected chi connectivity index (χ3v) is 10.2. The summed E-state index contributed by atoms with van der Waals surface area (Å²) < 4.78 is 7.00. The molecule has 0 fully saturated rings. The Bertz CT molecular complexity index is 1060. The van der Waals surface area contributed by atoms with Gasteiger partial charge in [0.15, 0.2) is 0 Å². The van der Waals surface area contributed by atoms with E-state index in [1.54, 1.807) is 0 Å². The molecule has 0 radical (unpaired) electrons. The van der Waals surface area contributed by atoms with Gasteiger partial charge in [-0.2, -0.15) is 0 Å². The Morgan fingerprint density at radius 2 is 1.02 bits per heavy atom. The molecule has 0 saturated carbocycles. The Labute approximate surface area is 263 Å². The molecule has 43 heavy (non-hydrogen) atoms. The van der Waals surface area contributed by atoms with Crippen molar-refractivity contribution in [3.05, 3.63) is 46.8 Å². The number of aliphatic hydroxyl groups excluding tert-OH is 3. The molecule has 3 atom stereocenters. The Morgan fingerprint density at radius 1 is 0.674 bits per heavy atom. The summed E-state index contributed by atoms with van der Waals surface area (Å²) >= 11 is 0. The highest BCUT2D eigenvalue weighted by molar-refractivity contribution is 7.38. The smallest absolute Gasteiger partial charge is 0.324 e. The summed E-state index contributed by atoms with van der Waals surface area (Å²) in [6, 6.07) is 0. The van der Waals surface area contributed by atoms with Gasteiger partial charge in [0.2, 0.25) is 0 Å². The fraction of sp³-hybridized carbons (Fsp3) is 0.771. The molecule has 0 saturated heterocycles. The first-order valence-corrected chi connectivity index (χ1v) is 16.6. The molecule has 0 aromatic heterocycles. The van der Waals surface area contributed by atoms with Crippen LogP contribution in [0.2, 0.25) is 0 Å². The zero-order chi connectivity index (χ0) is 34.0. The molecule has 0 spiro atoms. The number of hydrogen-bond donors (Lipinski definition) is 6. The standard InChI is InChI=1S/C35H60O4.H3O3P/c1-29(2,3)25-19-33(13,31(7,8)9)17-15-24(25)28(35(21-36,22-37)23-38)39-27-16-18-34(14,32(10,11)12)20-26(27)30(4,5)6;1-4(2)3/h15-18,28,36-38H,19-23H2,1-14H3;1-3H. The molecule has 0 aromatic rings. The fourth-order valence-electron chi connectivity index (χ4n) is 5.54. The molecule has 0 bridgehead atoms. The van der Waals surface area contributed by atoms with Crippen LogP contribution in [0.15, 0.2) is 46.8 Å². The highest BCUT2D eigenvalue weighted by atomic mass is 31.2. The first-order valence-electron chi connectivity index (χ1n) is 15.4. The van der Waals surface area contributed by atoms with Crippen molar-refractivity contribution in [2.45, 2.75) is 116 Å². The van der Waals surface area contributed by atoms with Crippen LogP contribution in [0.3, 0.4) is 0 Å². The average Bonchev–Trinajstić information content (AvgIpc) is 2.83. The lowest BCUT2D eigenvalue weighted by Crippen LogP contribution is -2.49. The summed E-state index contributed by atoms with van der Waals surface area (Å²) in [5, 5.41) is 32.0. The van der Waals surface area contributed by atoms with Gasteiger partial charge < -0.3 is 34.7 Å². The lowest BCUT2D eigenvalue weighted by molar-refractivity contribution is -0.0785. The van der Waals surface area contributed by atoms with Crippen LogP contribution in [0, 0.1) is 37.9 Å². The maximum Gasteiger partial charge on any atom is 0.324 e. The highest BCUT2D eigenvalue weighted by Crippen LogP contribution is 2.54. The topological polar surface area (TPSA) is 131 Å². The summed E-state index contributed by atoms with van der Waals surface area (Å²) in [5.41, 5.74) is 1.82. The summed E-state index contributed by atoms with van der Waals surface area (Å²) in [5.74, 6) is 0.785. The third kappa shape index (κ3) is 9.25. The first kappa shape index (κ1) is 40.0. The average molecular weight is 627 g/mol. The first-order chi connectivity index (χ1) is 19.1. The Kier molecular flexibility index (Phi) is 12.8. The maximum absolute atomic E-state index is 10.7. The Balaban J connectivity index is 0.00000217. The highest BCUT2D eigenvalue weighted by Gasteiger charge is 2.48. The van der Waals surface area contributed by atoms with Crippen LogP contribution in [0.25, 0.3) is 0 Å². The van der Waals surface area contributed by atoms with Crippen molar-refractivity contribution >= 4 is 8.60 Å². The quantitative estimate of drug-likeness (QED) is 0.165. The van der Waals surface area contributed by atoms with E-state index in [0.29, 0.717) is 0 Å². The van der Waals surface area contributed by atoms with Crippen LogP contribution < -0.4 is 0 Å². The number of allylic oxidation sites excluding steroid dienone is 5. The number of rotatable bonds is 7. The number of aliphatic hydroxyl groups is 3. The zero-order valence-electron chi connectivity index (χ0n) is 29.5. The Hall–Kier alpha value is -1.05. The minimum atomic E-state index is -2.62. The van der Waals surface area contributed by atoms with Gasteiger partial charge in [-0.25, -0.2) is 0 Å². The van der Waals surface area contributed by atoms with Crippen LogP contribution in [0.1, 0.15) is 110 Å². The van der Waals surface area contributed by atoms with E-state index in [1.165, 1.54) is 11.1 Å². The second-order valence-corrected chi connectivity index (χ2v) is 17.8. The summed E-state index contributed by atoms with van der Waals surface area (Å²) in [6.45, 7) is 30.4. The van der Waals surface area contributed by atoms with E-state index in [-0.39, 0.29) is 32.5 Å². The molecule has 6 N–H and O–H groups in total. The molecule has 2 aliphatic carbocycles. The van der Waals surface area contributed by atoms with Gasteiger partial charge in [-0.15, -0.1) is 0 Å². The van der Waals surface area contributed by atoms with Crippen molar-refractivity contribution in [2.75, 3.05) is 19.8 Å². The maximum atomic E-state index is 10.7. The minimum Gasteiger partial charge on any atom is -0.485 e. The lowest BCUT2D eigenvalue weighted by atomic mass is 9.58. The Morgan fingerprint density at radius 3 is 1.35 bits per heavy atom. The molecule has 0 amide bonds. The van der Waals surface area contributed by atoms with Gasteiger partial charge in [0.25, 0.3) is 0 Å². The SMILES string of the molecule is CC(C)(C)C1=C(OC(C2=C(C(C)(C)C)CC(C)(C(C)(C)C)C=C2)C(CO)(CO)CO)C=CC(C)(C(C)(C)C)C1.OP(O)O. The number of ether oxygens (including phenoxy) is 1. The van der Waals surface area contributed by atoms with E-state index in [4.69, 9.17) is 19.4 Å². The molecular formula is C35H63O7P. The van der Waals surface area contributed by atoms with E-state index in [9.17, 15) is 15.3 Å². The molecule has 0 aliphatic heterocycles. The monoisotopic (exact) mass is 626 g/mol. The van der Waals surface area contributed by atoms with Crippen molar-refractivity contribution in [1.29, 1.82) is 0 Å². The molecular weight excluding hydrogens is 563 g/mol. The fourth-order valence-corrected chi connectivity index (χ4v) is 5.54. The van der Waals surface area contributed by atoms with E-state index in [2.05, 4.69) is 121 Å². The van der Waals surface area contributed by atoms with Gasteiger partial charge in [0.1, 0.15) is 11.9 Å². The van der Waals surface area contributed by atoms with Crippen LogP contribution in [-0.2, 0) is 4.74 Å². The molecule has 2 aliphatic rings. The molecule has 3 unspecified atom stereocenters. The van der Waals surface area contributed by atoms with Gasteiger partial charge in [-0.3, -0.25) is 0 Å². The summed E-state index contributed by atoms with van der Waals surface area (Å²) in [4.78, 5) is 21.7. The number of hydrogen-bond acceptors (Lipinski definition) is 7. The molecule has 2 rings (SSSR count). The van der Waals surface area contributed by atoms with Crippen molar-refractivity contribution in [2.24, 2.45) is 37.9 Å². The normalized spacial score (nSPS) is 24.8. The van der Waals surface area contributed by atoms with Gasteiger partial charge >= 0.3 is 8.60 Å². The van der Waals surface area contributed by atoms with Crippen molar-refractivity contribution in [3.8, 4) is 0 Å². The zero-order valence-corrected chi connectivity index (χ0v) is 30.4. The molecule has 0 heterocycles. The third-order valence-electron chi connectivity index (χ3n) is 10.2. The molecule has 7 nitrogen and oxygen atoms in total. The van der Waals surface area contributed by atoms with Crippen molar-refractivity contribution < 1.29 is 34.7 Å². The van der Waals surface area contributed by atoms with Crippen molar-refractivity contribution in [1.82, 2.24) is 0 Å². The van der Waals surface area contributed by atoms with Crippen LogP contribution >= 0.6 is 8.60 Å². The minimum absolute atomic E-state index is 0.0371. The second kappa shape index (κ2) is 13.7. The lowest BCUT2D eigenvalue weighted by Gasteiger charge is -2.49. The summed E-state index contributed by atoms with van der Waals surface area (Å²) in [7, 11) is -2.62. The van der Waals surface area contributed by atoms with Gasteiger partial charge in [-0.05, 0) is 62.6 Å². The van der Waals surface area contributed by atoms with E-state index >= 15 is 0 Å². The van der Waals surface area contributed by atoms with Crippen LogP contribution in [0.5, 0.6) is 0 Å². The van der Waals surface area contributed by atoms with E-state index < -0.39 is 39.9 Å². The van der Waals surface area contributed by atoms with Gasteiger partial charge in [0, 0.05) is 0 Å². The van der Waals surface area contributed by atoms with Crippen LogP contribution in [-0.4, -0.2) is 55.9 Å². The van der Waals surface area contributed by atoms with Crippen molar-refractivity contribution in [3.63, 3.8) is 0 Å². The second-order valence-electron chi connectivity index (χ2n) is 17.2. The molecule has 250 valence electrons. The predicted octanol–water partition coefficient (Wildman–Crippen LogP) is 7.19. The largest absolute Gasteiger partial charge is 0.485 e. The summed E-state index contributed by atoms with van der Waals surface area (Å²) in [6.07, 6.45) is 9.76. The van der Waals surface area contributed by atoms with Gasteiger partial charge in [-0.1, -0.05) is 121 Å². The van der Waals surface area contributed by atoms with Crippen LogP contribution in [0.4, 0.5) is 0 Å². The van der Waals surface area contributed by atoms with E-state index in [1.807, 2.05) is 0 Å². The van der Waals surface area contributed by atoms with Gasteiger partial charge in [0.05, 0.1) is 25.2 Å². The molecule has 8 heteroatoms. The molecule has 0 aromatic carbocycles. The van der Waals surface area contributed by atoms with E-state index in [0.717, 1.165) is 24.2 Å². The predicted molar refractivity (Wildman–Crippen MR) is 178 cm³/mol.